The van der Waals surface area contributed by atoms with Crippen molar-refractivity contribution in [1.29, 1.82) is 0 Å². The van der Waals surface area contributed by atoms with Crippen LogP contribution < -0.4 is 9.47 Å². The monoisotopic (exact) mass is 406 g/mol. The number of ether oxygens (including phenoxy) is 2. The summed E-state index contributed by atoms with van der Waals surface area (Å²) in [6, 6.07) is 11.4. The van der Waals surface area contributed by atoms with Crippen LogP contribution in [0.25, 0.3) is 22.6 Å². The molecular weight excluding hydrogens is 388 g/mol. The lowest BCUT2D eigenvalue weighted by Crippen LogP contribution is -1.97. The Labute approximate surface area is 173 Å². The first-order valence-corrected chi connectivity index (χ1v) is 9.39. The second kappa shape index (κ2) is 8.32. The summed E-state index contributed by atoms with van der Waals surface area (Å²) in [4.78, 5) is 16.0. The zero-order valence-corrected chi connectivity index (χ0v) is 16.8. The van der Waals surface area contributed by atoms with E-state index in [0.29, 0.717) is 29.1 Å². The van der Waals surface area contributed by atoms with Crippen molar-refractivity contribution in [1.82, 2.24) is 19.9 Å². The van der Waals surface area contributed by atoms with Crippen LogP contribution in [0.15, 0.2) is 61.2 Å². The highest BCUT2D eigenvalue weighted by Gasteiger charge is 2.12. The predicted molar refractivity (Wildman–Crippen MR) is 112 cm³/mol. The van der Waals surface area contributed by atoms with Crippen LogP contribution in [0.5, 0.6) is 11.5 Å². The molecule has 1 aromatic carbocycles. The van der Waals surface area contributed by atoms with E-state index in [9.17, 15) is 0 Å². The van der Waals surface area contributed by atoms with Crippen molar-refractivity contribution in [2.75, 3.05) is 7.11 Å². The van der Waals surface area contributed by atoms with E-state index >= 15 is 0 Å². The zero-order chi connectivity index (χ0) is 20.2. The molecule has 0 saturated carbocycles. The van der Waals surface area contributed by atoms with Gasteiger partial charge in [-0.25, -0.2) is 9.97 Å². The quantitative estimate of drug-likeness (QED) is 0.452. The molecule has 3 heterocycles. The van der Waals surface area contributed by atoms with Crippen molar-refractivity contribution in [3.05, 3.63) is 77.5 Å². The molecule has 0 amide bonds. The van der Waals surface area contributed by atoms with E-state index in [1.165, 1.54) is 0 Å². The van der Waals surface area contributed by atoms with Gasteiger partial charge in [0.15, 0.2) is 0 Å². The number of nitrogens with zero attached hydrogens (tertiary/aromatic N) is 3. The van der Waals surface area contributed by atoms with E-state index in [-0.39, 0.29) is 0 Å². The van der Waals surface area contributed by atoms with Crippen LogP contribution in [0.4, 0.5) is 0 Å². The van der Waals surface area contributed by atoms with Crippen LogP contribution in [0.1, 0.15) is 11.1 Å². The van der Waals surface area contributed by atoms with Gasteiger partial charge in [-0.15, -0.1) is 0 Å². The van der Waals surface area contributed by atoms with Crippen molar-refractivity contribution in [3.8, 4) is 34.1 Å². The number of rotatable bonds is 6. The van der Waals surface area contributed by atoms with Gasteiger partial charge in [-0.1, -0.05) is 11.6 Å². The molecular formula is C22H19ClN4O2. The number of nitrogens with one attached hydrogen (secondary N) is 1. The van der Waals surface area contributed by atoms with Gasteiger partial charge in [-0.3, -0.25) is 4.98 Å². The Hall–Kier alpha value is -3.38. The Morgan fingerprint density at radius 1 is 1.00 bits per heavy atom. The Kier molecular flexibility index (Phi) is 5.44. The molecule has 4 aromatic rings. The van der Waals surface area contributed by atoms with Gasteiger partial charge in [-0.05, 0) is 42.8 Å². The van der Waals surface area contributed by atoms with Crippen LogP contribution >= 0.6 is 11.6 Å². The van der Waals surface area contributed by atoms with Crippen molar-refractivity contribution in [2.24, 2.45) is 0 Å². The number of methoxy groups -OCH3 is 1. The molecule has 0 aliphatic heterocycles. The molecule has 0 unspecified atom stereocenters. The number of imidazole rings is 1. The smallest absolute Gasteiger partial charge is 0.139 e. The van der Waals surface area contributed by atoms with Crippen LogP contribution in [0.2, 0.25) is 5.15 Å². The predicted octanol–water partition coefficient (Wildman–Crippen LogP) is 5.08. The van der Waals surface area contributed by atoms with Crippen molar-refractivity contribution in [2.45, 2.75) is 13.5 Å². The van der Waals surface area contributed by atoms with Crippen LogP contribution in [0.3, 0.4) is 0 Å². The number of aromatic amines is 1. The number of H-pyrrole nitrogens is 1. The number of pyridine rings is 2. The van der Waals surface area contributed by atoms with E-state index in [1.807, 2.05) is 37.4 Å². The summed E-state index contributed by atoms with van der Waals surface area (Å²) in [5.41, 5.74) is 4.69. The summed E-state index contributed by atoms with van der Waals surface area (Å²) in [6.07, 6.45) is 7.07. The SMILES string of the molecule is COc1cc(OCc2cncc(C)c2)ccc1-c1cnc(-c2ccc(Cl)nc2)[nH]1. The summed E-state index contributed by atoms with van der Waals surface area (Å²) in [5, 5.41) is 0.444. The van der Waals surface area contributed by atoms with Gasteiger partial charge in [-0.2, -0.15) is 0 Å². The third-order valence-electron chi connectivity index (χ3n) is 4.38. The highest BCUT2D eigenvalue weighted by Crippen LogP contribution is 2.33. The molecule has 0 bridgehead atoms. The van der Waals surface area contributed by atoms with Crippen molar-refractivity contribution >= 4 is 11.6 Å². The molecule has 3 aromatic heterocycles. The average molecular weight is 407 g/mol. The average Bonchev–Trinajstić information content (AvgIpc) is 3.22. The standard InChI is InChI=1S/C22H19ClN4O2/c1-14-7-15(10-24-9-14)13-29-17-4-5-18(20(8-17)28-2)19-12-26-22(27-19)16-3-6-21(23)25-11-16/h3-12H,13H2,1-2H3,(H,26,27). The van der Waals surface area contributed by atoms with E-state index in [0.717, 1.165) is 27.9 Å². The third kappa shape index (κ3) is 4.38. The minimum atomic E-state index is 0.439. The number of benzene rings is 1. The molecule has 0 spiro atoms. The van der Waals surface area contributed by atoms with Crippen LogP contribution in [-0.4, -0.2) is 27.0 Å². The lowest BCUT2D eigenvalue weighted by molar-refractivity contribution is 0.303. The van der Waals surface area contributed by atoms with Gasteiger partial charge >= 0.3 is 0 Å². The maximum absolute atomic E-state index is 5.90. The molecule has 1 N–H and O–H groups in total. The van der Waals surface area contributed by atoms with Crippen LogP contribution in [0, 0.1) is 6.92 Å². The Morgan fingerprint density at radius 3 is 2.66 bits per heavy atom. The molecule has 0 aliphatic rings. The van der Waals surface area contributed by atoms with E-state index < -0.39 is 0 Å². The first kappa shape index (κ1) is 19.0. The van der Waals surface area contributed by atoms with E-state index in [1.54, 1.807) is 31.8 Å². The lowest BCUT2D eigenvalue weighted by atomic mass is 10.1. The molecule has 146 valence electrons. The molecule has 6 nitrogen and oxygen atoms in total. The van der Waals surface area contributed by atoms with Crippen LogP contribution in [-0.2, 0) is 6.61 Å². The normalized spacial score (nSPS) is 10.7. The first-order valence-electron chi connectivity index (χ1n) is 9.01. The molecule has 0 radical (unpaired) electrons. The second-order valence-electron chi connectivity index (χ2n) is 6.54. The maximum atomic E-state index is 5.90. The Balaban J connectivity index is 1.54. The molecule has 29 heavy (non-hydrogen) atoms. The lowest BCUT2D eigenvalue weighted by Gasteiger charge is -2.11. The molecule has 7 heteroatoms. The summed E-state index contributed by atoms with van der Waals surface area (Å²) in [6.45, 7) is 2.45. The minimum absolute atomic E-state index is 0.439. The fraction of sp³-hybridized carbons (Fsp3) is 0.136. The minimum Gasteiger partial charge on any atom is -0.496 e. The van der Waals surface area contributed by atoms with Gasteiger partial charge in [0.2, 0.25) is 0 Å². The second-order valence-corrected chi connectivity index (χ2v) is 6.92. The number of hydrogen-bond acceptors (Lipinski definition) is 5. The van der Waals surface area contributed by atoms with E-state index in [2.05, 4.69) is 26.0 Å². The largest absolute Gasteiger partial charge is 0.496 e. The van der Waals surface area contributed by atoms with Gasteiger partial charge in [0.05, 0.1) is 19.0 Å². The molecule has 0 atom stereocenters. The number of aryl methyl sites for hydroxylation is 1. The third-order valence-corrected chi connectivity index (χ3v) is 4.60. The summed E-state index contributed by atoms with van der Waals surface area (Å²) >= 11 is 5.85. The summed E-state index contributed by atoms with van der Waals surface area (Å²) < 4.78 is 11.5. The molecule has 0 aliphatic carbocycles. The number of hydrogen-bond donors (Lipinski definition) is 1. The molecule has 0 saturated heterocycles. The highest BCUT2D eigenvalue weighted by atomic mass is 35.5. The first-order chi connectivity index (χ1) is 14.1. The summed E-state index contributed by atoms with van der Waals surface area (Å²) in [5.74, 6) is 2.11. The fourth-order valence-corrected chi connectivity index (χ4v) is 3.08. The number of aromatic nitrogens is 4. The maximum Gasteiger partial charge on any atom is 0.139 e. The zero-order valence-electron chi connectivity index (χ0n) is 16.0. The summed E-state index contributed by atoms with van der Waals surface area (Å²) in [7, 11) is 1.63. The van der Waals surface area contributed by atoms with Gasteiger partial charge in [0.1, 0.15) is 29.1 Å². The highest BCUT2D eigenvalue weighted by molar-refractivity contribution is 6.29. The van der Waals surface area contributed by atoms with Crippen molar-refractivity contribution < 1.29 is 9.47 Å². The molecule has 4 rings (SSSR count). The fourth-order valence-electron chi connectivity index (χ4n) is 2.97. The van der Waals surface area contributed by atoms with E-state index in [4.69, 9.17) is 21.1 Å². The molecule has 0 fully saturated rings. The van der Waals surface area contributed by atoms with Gasteiger partial charge < -0.3 is 14.5 Å². The topological polar surface area (TPSA) is 72.9 Å². The Bertz CT molecular complexity index is 1130. The van der Waals surface area contributed by atoms with Crippen molar-refractivity contribution in [3.63, 3.8) is 0 Å². The van der Waals surface area contributed by atoms with Gasteiger partial charge in [0, 0.05) is 41.3 Å². The number of halogens is 1. The van der Waals surface area contributed by atoms with Gasteiger partial charge in [0.25, 0.3) is 0 Å². The Morgan fingerprint density at radius 2 is 1.90 bits per heavy atom.